The lowest BCUT2D eigenvalue weighted by Crippen LogP contribution is -2.46. The van der Waals surface area contributed by atoms with Crippen LogP contribution in [0.15, 0.2) is 60.9 Å². The van der Waals surface area contributed by atoms with Gasteiger partial charge in [0, 0.05) is 42.7 Å². The van der Waals surface area contributed by atoms with Gasteiger partial charge < -0.3 is 20.3 Å². The lowest BCUT2D eigenvalue weighted by Gasteiger charge is -2.32. The number of methoxy groups -OCH3 is 1. The Kier molecular flexibility index (Phi) is 7.35. The maximum Gasteiger partial charge on any atom is 0.273 e. The molecule has 4 rings (SSSR count). The third kappa shape index (κ3) is 5.81. The standard InChI is InChI=1S/C26H27N5O4/c1-17-6-8-18(9-7-17)26(34)31-14-10-20(11-15-31)29-25(33)22-23(28-13-12-27-22)30-24(32)19-4-3-5-21(16-19)35-2/h3-9,12-13,16,20H,10-11,14-15H2,1-2H3,(H,29,33)(H,28,30,32). The van der Waals surface area contributed by atoms with Crippen molar-refractivity contribution in [1.82, 2.24) is 20.2 Å². The van der Waals surface area contributed by atoms with Gasteiger partial charge in [-0.05, 0) is 50.1 Å². The van der Waals surface area contributed by atoms with Crippen LogP contribution in [-0.2, 0) is 0 Å². The van der Waals surface area contributed by atoms with Crippen LogP contribution in [0, 0.1) is 6.92 Å². The highest BCUT2D eigenvalue weighted by Crippen LogP contribution is 2.18. The molecular formula is C26H27N5O4. The van der Waals surface area contributed by atoms with Gasteiger partial charge >= 0.3 is 0 Å². The number of anilines is 1. The smallest absolute Gasteiger partial charge is 0.273 e. The summed E-state index contributed by atoms with van der Waals surface area (Å²) >= 11 is 0. The minimum Gasteiger partial charge on any atom is -0.497 e. The van der Waals surface area contributed by atoms with Gasteiger partial charge in [0.25, 0.3) is 17.7 Å². The number of aryl methyl sites for hydroxylation is 1. The first-order chi connectivity index (χ1) is 16.9. The van der Waals surface area contributed by atoms with Crippen LogP contribution in [0.1, 0.15) is 49.6 Å². The fourth-order valence-corrected chi connectivity index (χ4v) is 3.90. The Balaban J connectivity index is 1.36. The number of rotatable bonds is 6. The Morgan fingerprint density at radius 2 is 1.66 bits per heavy atom. The number of aromatic nitrogens is 2. The molecule has 3 aromatic rings. The predicted molar refractivity (Wildman–Crippen MR) is 131 cm³/mol. The molecule has 2 heterocycles. The Bertz CT molecular complexity index is 1220. The number of carbonyl (C=O) groups excluding carboxylic acids is 3. The molecule has 0 spiro atoms. The van der Waals surface area contributed by atoms with E-state index in [-0.39, 0.29) is 23.5 Å². The summed E-state index contributed by atoms with van der Waals surface area (Å²) in [7, 11) is 1.52. The second kappa shape index (κ2) is 10.8. The van der Waals surface area contributed by atoms with Gasteiger partial charge in [-0.1, -0.05) is 23.8 Å². The van der Waals surface area contributed by atoms with E-state index in [1.807, 2.05) is 31.2 Å². The Morgan fingerprint density at radius 1 is 0.943 bits per heavy atom. The van der Waals surface area contributed by atoms with E-state index in [0.717, 1.165) is 5.56 Å². The van der Waals surface area contributed by atoms with Crippen molar-refractivity contribution in [3.05, 3.63) is 83.3 Å². The quantitative estimate of drug-likeness (QED) is 0.569. The van der Waals surface area contributed by atoms with E-state index in [1.165, 1.54) is 19.5 Å². The fraction of sp³-hybridized carbons (Fsp3) is 0.269. The number of piperidine rings is 1. The molecule has 0 radical (unpaired) electrons. The maximum absolute atomic E-state index is 13.0. The summed E-state index contributed by atoms with van der Waals surface area (Å²) in [6.45, 7) is 3.06. The molecule has 1 aliphatic heterocycles. The zero-order chi connectivity index (χ0) is 24.8. The SMILES string of the molecule is COc1cccc(C(=O)Nc2nccnc2C(=O)NC2CCN(C(=O)c3ccc(C)cc3)CC2)c1. The van der Waals surface area contributed by atoms with Crippen molar-refractivity contribution in [3.8, 4) is 5.75 Å². The molecule has 0 atom stereocenters. The number of benzene rings is 2. The molecule has 3 amide bonds. The Hall–Kier alpha value is -4.27. The lowest BCUT2D eigenvalue weighted by molar-refractivity contribution is 0.0697. The molecule has 35 heavy (non-hydrogen) atoms. The monoisotopic (exact) mass is 473 g/mol. The minimum absolute atomic E-state index is 0.00811. The van der Waals surface area contributed by atoms with E-state index in [1.54, 1.807) is 29.2 Å². The van der Waals surface area contributed by atoms with Crippen LogP contribution < -0.4 is 15.4 Å². The second-order valence-corrected chi connectivity index (χ2v) is 8.35. The van der Waals surface area contributed by atoms with E-state index in [9.17, 15) is 14.4 Å². The lowest BCUT2D eigenvalue weighted by atomic mass is 10.0. The summed E-state index contributed by atoms with van der Waals surface area (Å²) < 4.78 is 5.16. The van der Waals surface area contributed by atoms with E-state index in [0.29, 0.717) is 42.8 Å². The van der Waals surface area contributed by atoms with Crippen molar-refractivity contribution in [1.29, 1.82) is 0 Å². The number of amides is 3. The number of ether oxygens (including phenoxy) is 1. The molecule has 0 saturated carbocycles. The van der Waals surface area contributed by atoms with E-state index in [2.05, 4.69) is 20.6 Å². The summed E-state index contributed by atoms with van der Waals surface area (Å²) in [5.74, 6) is -0.248. The third-order valence-corrected chi connectivity index (χ3v) is 5.89. The van der Waals surface area contributed by atoms with Crippen molar-refractivity contribution >= 4 is 23.5 Å². The van der Waals surface area contributed by atoms with Gasteiger partial charge in [0.1, 0.15) is 5.75 Å². The number of nitrogens with one attached hydrogen (secondary N) is 2. The predicted octanol–water partition coefficient (Wildman–Crippen LogP) is 3.08. The minimum atomic E-state index is -0.429. The Morgan fingerprint density at radius 3 is 2.37 bits per heavy atom. The van der Waals surface area contributed by atoms with Crippen molar-refractivity contribution in [2.24, 2.45) is 0 Å². The third-order valence-electron chi connectivity index (χ3n) is 5.89. The molecule has 9 nitrogen and oxygen atoms in total. The normalized spacial score (nSPS) is 13.7. The van der Waals surface area contributed by atoms with Gasteiger partial charge in [-0.3, -0.25) is 14.4 Å². The molecular weight excluding hydrogens is 446 g/mol. The number of hydrogen-bond acceptors (Lipinski definition) is 6. The van der Waals surface area contributed by atoms with Crippen LogP contribution in [0.5, 0.6) is 5.75 Å². The van der Waals surface area contributed by atoms with E-state index in [4.69, 9.17) is 4.74 Å². The van der Waals surface area contributed by atoms with Crippen LogP contribution in [0.2, 0.25) is 0 Å². The molecule has 1 saturated heterocycles. The molecule has 0 bridgehead atoms. The average molecular weight is 474 g/mol. The van der Waals surface area contributed by atoms with Crippen LogP contribution in [-0.4, -0.2) is 58.8 Å². The van der Waals surface area contributed by atoms with Crippen LogP contribution in [0.4, 0.5) is 5.82 Å². The van der Waals surface area contributed by atoms with Crippen LogP contribution in [0.25, 0.3) is 0 Å². The summed E-state index contributed by atoms with van der Waals surface area (Å²) in [6, 6.07) is 14.1. The second-order valence-electron chi connectivity index (χ2n) is 8.35. The molecule has 1 aromatic heterocycles. The first-order valence-corrected chi connectivity index (χ1v) is 11.4. The number of carbonyl (C=O) groups is 3. The summed E-state index contributed by atoms with van der Waals surface area (Å²) in [5, 5.41) is 5.62. The highest BCUT2D eigenvalue weighted by atomic mass is 16.5. The highest BCUT2D eigenvalue weighted by Gasteiger charge is 2.26. The van der Waals surface area contributed by atoms with E-state index >= 15 is 0 Å². The molecule has 0 aliphatic carbocycles. The van der Waals surface area contributed by atoms with Gasteiger partial charge in [-0.15, -0.1) is 0 Å². The number of likely N-dealkylation sites (tertiary alicyclic amines) is 1. The average Bonchev–Trinajstić information content (AvgIpc) is 2.89. The maximum atomic E-state index is 13.0. The number of hydrogen-bond donors (Lipinski definition) is 2. The first-order valence-electron chi connectivity index (χ1n) is 11.4. The van der Waals surface area contributed by atoms with Crippen molar-refractivity contribution in [3.63, 3.8) is 0 Å². The van der Waals surface area contributed by atoms with Crippen molar-refractivity contribution < 1.29 is 19.1 Å². The van der Waals surface area contributed by atoms with Gasteiger partial charge in [0.2, 0.25) is 0 Å². The van der Waals surface area contributed by atoms with Gasteiger partial charge in [-0.2, -0.15) is 0 Å². The van der Waals surface area contributed by atoms with E-state index < -0.39 is 11.8 Å². The number of nitrogens with zero attached hydrogens (tertiary/aromatic N) is 3. The molecule has 2 N–H and O–H groups in total. The zero-order valence-electron chi connectivity index (χ0n) is 19.7. The summed E-state index contributed by atoms with van der Waals surface area (Å²) in [4.78, 5) is 48.4. The van der Waals surface area contributed by atoms with Gasteiger partial charge in [0.15, 0.2) is 11.5 Å². The highest BCUT2D eigenvalue weighted by molar-refractivity contribution is 6.07. The van der Waals surface area contributed by atoms with Gasteiger partial charge in [-0.25, -0.2) is 9.97 Å². The zero-order valence-corrected chi connectivity index (χ0v) is 19.7. The first kappa shape index (κ1) is 23.9. The largest absolute Gasteiger partial charge is 0.497 e. The summed E-state index contributed by atoms with van der Waals surface area (Å²) in [5.41, 5.74) is 2.16. The van der Waals surface area contributed by atoms with Gasteiger partial charge in [0.05, 0.1) is 7.11 Å². The molecule has 180 valence electrons. The fourth-order valence-electron chi connectivity index (χ4n) is 3.90. The topological polar surface area (TPSA) is 114 Å². The van der Waals surface area contributed by atoms with Crippen molar-refractivity contribution in [2.45, 2.75) is 25.8 Å². The summed E-state index contributed by atoms with van der Waals surface area (Å²) in [6.07, 6.45) is 4.05. The van der Waals surface area contributed by atoms with Crippen molar-refractivity contribution in [2.75, 3.05) is 25.5 Å². The molecule has 9 heteroatoms. The molecule has 2 aromatic carbocycles. The van der Waals surface area contributed by atoms with Crippen LogP contribution >= 0.6 is 0 Å². The molecule has 0 unspecified atom stereocenters. The molecule has 1 aliphatic rings. The van der Waals surface area contributed by atoms with Crippen LogP contribution in [0.3, 0.4) is 0 Å². The Labute approximate surface area is 203 Å². The molecule has 1 fully saturated rings.